The number of methoxy groups -OCH3 is 1. The number of rotatable bonds is 18. The van der Waals surface area contributed by atoms with Crippen molar-refractivity contribution in [2.75, 3.05) is 12.9 Å². The Labute approximate surface area is 195 Å². The lowest BCUT2D eigenvalue weighted by atomic mass is 9.96. The number of hydrogen-bond acceptors (Lipinski definition) is 4. The van der Waals surface area contributed by atoms with Gasteiger partial charge in [-0.3, -0.25) is 4.79 Å². The van der Waals surface area contributed by atoms with E-state index < -0.39 is 0 Å². The van der Waals surface area contributed by atoms with Crippen LogP contribution in [0.25, 0.3) is 0 Å². The van der Waals surface area contributed by atoms with Crippen molar-refractivity contribution in [3.63, 3.8) is 0 Å². The van der Waals surface area contributed by atoms with E-state index in [1.807, 2.05) is 6.08 Å². The van der Waals surface area contributed by atoms with Crippen LogP contribution in [-0.4, -0.2) is 29.2 Å². The normalized spacial score (nSPS) is 12.7. The molecule has 0 radical (unpaired) electrons. The van der Waals surface area contributed by atoms with Crippen LogP contribution in [0.1, 0.15) is 95.6 Å². The Bertz CT molecular complexity index is 627. The molecule has 0 amide bonds. The van der Waals surface area contributed by atoms with E-state index in [2.05, 4.69) is 38.1 Å². The predicted molar refractivity (Wildman–Crippen MR) is 135 cm³/mol. The summed E-state index contributed by atoms with van der Waals surface area (Å²) < 4.78 is 4.75. The first-order chi connectivity index (χ1) is 15.1. The molecule has 176 valence electrons. The van der Waals surface area contributed by atoms with Crippen LogP contribution in [0.15, 0.2) is 36.1 Å². The summed E-state index contributed by atoms with van der Waals surface area (Å²) in [6, 6.07) is 8.76. The van der Waals surface area contributed by atoms with Gasteiger partial charge in [-0.1, -0.05) is 83.1 Å². The van der Waals surface area contributed by atoms with Gasteiger partial charge in [-0.15, -0.1) is 11.8 Å². The lowest BCUT2D eigenvalue weighted by molar-refractivity contribution is -0.140. The van der Waals surface area contributed by atoms with Crippen LogP contribution in [0.4, 0.5) is 0 Å². The molecule has 0 bridgehead atoms. The highest BCUT2D eigenvalue weighted by molar-refractivity contribution is 8.00. The van der Waals surface area contributed by atoms with E-state index >= 15 is 0 Å². The average Bonchev–Trinajstić information content (AvgIpc) is 2.79. The number of aliphatic hydroxyl groups excluding tert-OH is 1. The highest BCUT2D eigenvalue weighted by Crippen LogP contribution is 2.26. The molecule has 31 heavy (non-hydrogen) atoms. The number of esters is 1. The summed E-state index contributed by atoms with van der Waals surface area (Å²) in [7, 11) is 1.42. The molecule has 0 aromatic heterocycles. The fourth-order valence-corrected chi connectivity index (χ4v) is 4.85. The minimum atomic E-state index is -0.191. The van der Waals surface area contributed by atoms with E-state index in [9.17, 15) is 9.90 Å². The van der Waals surface area contributed by atoms with Crippen LogP contribution in [0.3, 0.4) is 0 Å². The van der Waals surface area contributed by atoms with Crippen molar-refractivity contribution in [2.45, 2.75) is 103 Å². The number of benzene rings is 1. The third kappa shape index (κ3) is 12.9. The molecule has 1 rings (SSSR count). The lowest BCUT2D eigenvalue weighted by Crippen LogP contribution is -2.12. The maximum absolute atomic E-state index is 11.4. The topological polar surface area (TPSA) is 46.5 Å². The SMILES string of the molecule is CCCC=C(O)[C@H](CCc1ccccc1CCCCCCCCC)SCCC(=O)OC. The number of carbonyl (C=O) groups excluding carboxylic acids is 1. The molecule has 3 nitrogen and oxygen atoms in total. The molecule has 1 aromatic rings. The highest BCUT2D eigenvalue weighted by atomic mass is 32.2. The van der Waals surface area contributed by atoms with Gasteiger partial charge in [-0.2, -0.15) is 0 Å². The maximum atomic E-state index is 11.4. The minimum absolute atomic E-state index is 0.0304. The highest BCUT2D eigenvalue weighted by Gasteiger charge is 2.16. The van der Waals surface area contributed by atoms with Gasteiger partial charge in [0.15, 0.2) is 0 Å². The van der Waals surface area contributed by atoms with E-state index in [0.717, 1.165) is 32.1 Å². The summed E-state index contributed by atoms with van der Waals surface area (Å²) in [4.78, 5) is 11.4. The molecule has 0 fully saturated rings. The largest absolute Gasteiger partial charge is 0.511 e. The van der Waals surface area contributed by atoms with Gasteiger partial charge in [-0.25, -0.2) is 0 Å². The average molecular weight is 449 g/mol. The molecule has 1 atom stereocenters. The van der Waals surface area contributed by atoms with Gasteiger partial charge in [0.05, 0.1) is 18.8 Å². The predicted octanol–water partition coefficient (Wildman–Crippen LogP) is 7.82. The third-order valence-electron chi connectivity index (χ3n) is 5.67. The zero-order valence-corrected chi connectivity index (χ0v) is 20.9. The van der Waals surface area contributed by atoms with Crippen molar-refractivity contribution in [3.8, 4) is 0 Å². The Morgan fingerprint density at radius 2 is 1.65 bits per heavy atom. The van der Waals surface area contributed by atoms with Crippen LogP contribution in [-0.2, 0) is 22.4 Å². The van der Waals surface area contributed by atoms with Crippen molar-refractivity contribution in [2.24, 2.45) is 0 Å². The number of unbranched alkanes of at least 4 members (excludes halogenated alkanes) is 7. The smallest absolute Gasteiger partial charge is 0.306 e. The molecule has 0 spiro atoms. The zero-order chi connectivity index (χ0) is 22.7. The second kappa shape index (κ2) is 18.2. The van der Waals surface area contributed by atoms with E-state index in [4.69, 9.17) is 4.74 Å². The van der Waals surface area contributed by atoms with Gasteiger partial charge < -0.3 is 9.84 Å². The Kier molecular flexibility index (Phi) is 16.2. The molecule has 0 aliphatic carbocycles. The molecule has 0 saturated heterocycles. The van der Waals surface area contributed by atoms with Crippen molar-refractivity contribution >= 4 is 17.7 Å². The van der Waals surface area contributed by atoms with Crippen LogP contribution in [0, 0.1) is 0 Å². The van der Waals surface area contributed by atoms with Gasteiger partial charge in [0.25, 0.3) is 0 Å². The van der Waals surface area contributed by atoms with Gasteiger partial charge in [0, 0.05) is 5.75 Å². The van der Waals surface area contributed by atoms with E-state index in [1.165, 1.54) is 63.2 Å². The Balaban J connectivity index is 2.58. The van der Waals surface area contributed by atoms with E-state index in [-0.39, 0.29) is 11.2 Å². The Morgan fingerprint density at radius 3 is 2.29 bits per heavy atom. The third-order valence-corrected chi connectivity index (χ3v) is 6.99. The first-order valence-corrected chi connectivity index (χ1v) is 13.3. The van der Waals surface area contributed by atoms with Crippen molar-refractivity contribution in [1.82, 2.24) is 0 Å². The molecule has 0 unspecified atom stereocenters. The summed E-state index contributed by atoms with van der Waals surface area (Å²) >= 11 is 1.66. The first-order valence-electron chi connectivity index (χ1n) is 12.3. The van der Waals surface area contributed by atoms with Gasteiger partial charge in [-0.05, 0) is 49.3 Å². The Hall–Kier alpha value is -1.42. The van der Waals surface area contributed by atoms with Crippen LogP contribution >= 0.6 is 11.8 Å². The van der Waals surface area contributed by atoms with Crippen molar-refractivity contribution in [3.05, 3.63) is 47.2 Å². The molecule has 0 heterocycles. The van der Waals surface area contributed by atoms with Crippen molar-refractivity contribution < 1.29 is 14.6 Å². The number of aryl methyl sites for hydroxylation is 2. The number of thioether (sulfide) groups is 1. The molecular formula is C27H44O3S. The number of ether oxygens (including phenoxy) is 1. The minimum Gasteiger partial charge on any atom is -0.511 e. The molecule has 4 heteroatoms. The fraction of sp³-hybridized carbons (Fsp3) is 0.667. The maximum Gasteiger partial charge on any atom is 0.306 e. The standard InChI is InChI=1S/C27H44O3S/c1-4-6-8-9-10-11-12-15-23-16-13-14-17-24(23)19-20-26(25(28)18-7-5-2)31-22-21-27(29)30-3/h13-14,16-18,26,28H,4-12,15,19-22H2,1-3H3/t26-/m0/s1. The molecule has 0 aliphatic rings. The van der Waals surface area contributed by atoms with Crippen LogP contribution in [0.2, 0.25) is 0 Å². The lowest BCUT2D eigenvalue weighted by Gasteiger charge is -2.17. The molecule has 0 saturated carbocycles. The quantitative estimate of drug-likeness (QED) is 0.141. The summed E-state index contributed by atoms with van der Waals surface area (Å²) in [6.45, 7) is 4.38. The van der Waals surface area contributed by atoms with Gasteiger partial charge in [0.1, 0.15) is 5.76 Å². The van der Waals surface area contributed by atoms with E-state index in [0.29, 0.717) is 17.9 Å². The van der Waals surface area contributed by atoms with E-state index in [1.54, 1.807) is 11.8 Å². The number of hydrogen-bond donors (Lipinski definition) is 1. The van der Waals surface area contributed by atoms with Crippen LogP contribution < -0.4 is 0 Å². The number of allylic oxidation sites excluding steroid dienone is 1. The number of carbonyl (C=O) groups is 1. The second-order valence-corrected chi connectivity index (χ2v) is 9.59. The molecular weight excluding hydrogens is 404 g/mol. The monoisotopic (exact) mass is 448 g/mol. The first kappa shape index (κ1) is 27.6. The van der Waals surface area contributed by atoms with Gasteiger partial charge in [0.2, 0.25) is 0 Å². The molecule has 1 N–H and O–H groups in total. The second-order valence-electron chi connectivity index (χ2n) is 8.28. The molecule has 0 aliphatic heterocycles. The summed E-state index contributed by atoms with van der Waals surface area (Å²) in [6.07, 6.45) is 16.5. The molecule has 1 aromatic carbocycles. The zero-order valence-electron chi connectivity index (χ0n) is 20.0. The number of aliphatic hydroxyl groups is 1. The summed E-state index contributed by atoms with van der Waals surface area (Å²) in [5.74, 6) is 0.936. The van der Waals surface area contributed by atoms with Crippen LogP contribution in [0.5, 0.6) is 0 Å². The summed E-state index contributed by atoms with van der Waals surface area (Å²) in [5.41, 5.74) is 2.85. The Morgan fingerprint density at radius 1 is 1.00 bits per heavy atom. The van der Waals surface area contributed by atoms with Gasteiger partial charge >= 0.3 is 5.97 Å². The summed E-state index contributed by atoms with van der Waals surface area (Å²) in [5, 5.41) is 10.6. The fourth-order valence-electron chi connectivity index (χ4n) is 3.73. The van der Waals surface area contributed by atoms with Crippen molar-refractivity contribution in [1.29, 1.82) is 0 Å².